The Bertz CT molecular complexity index is 1270. The molecule has 1 N–H and O–H groups in total. The lowest BCUT2D eigenvalue weighted by molar-refractivity contribution is -0.142. The number of alkyl halides is 6. The number of carbonyl (C=O) groups excluding carboxylic acids is 1. The van der Waals surface area contributed by atoms with Crippen molar-refractivity contribution in [1.82, 2.24) is 20.1 Å². The van der Waals surface area contributed by atoms with Crippen molar-refractivity contribution in [2.75, 3.05) is 0 Å². The Morgan fingerprint density at radius 3 is 2.33 bits per heavy atom. The summed E-state index contributed by atoms with van der Waals surface area (Å²) < 4.78 is 102. The Balaban J connectivity index is 1.78. The number of amides is 1. The molecule has 0 bridgehead atoms. The van der Waals surface area contributed by atoms with Crippen LogP contribution in [0.1, 0.15) is 21.7 Å². The minimum absolute atomic E-state index is 0.0123. The maximum absolute atomic E-state index is 12.9. The number of benzene rings is 1. The molecule has 7 nitrogen and oxygen atoms in total. The number of hydrogen-bond donors (Lipinski definition) is 1. The zero-order valence-electron chi connectivity index (χ0n) is 16.4. The van der Waals surface area contributed by atoms with Crippen LogP contribution >= 0.6 is 0 Å². The second-order valence-corrected chi connectivity index (χ2v) is 8.63. The minimum atomic E-state index is -4.74. The topological polar surface area (TPSA) is 93.9 Å². The number of carbonyl (C=O) groups is 1. The summed E-state index contributed by atoms with van der Waals surface area (Å²) in [5.41, 5.74) is -1.50. The Morgan fingerprint density at radius 1 is 0.970 bits per heavy atom. The molecule has 0 saturated heterocycles. The van der Waals surface area contributed by atoms with Crippen LogP contribution in [0.15, 0.2) is 64.6 Å². The van der Waals surface area contributed by atoms with Crippen LogP contribution in [0, 0.1) is 0 Å². The summed E-state index contributed by atoms with van der Waals surface area (Å²) in [5.74, 6) is -0.912. The number of pyridine rings is 1. The van der Waals surface area contributed by atoms with Gasteiger partial charge in [-0.2, -0.15) is 31.4 Å². The Labute approximate surface area is 183 Å². The highest BCUT2D eigenvalue weighted by atomic mass is 32.2. The van der Waals surface area contributed by atoms with E-state index in [1.54, 1.807) is 0 Å². The molecule has 0 aliphatic rings. The van der Waals surface area contributed by atoms with Gasteiger partial charge in [-0.15, -0.1) is 0 Å². The zero-order chi connectivity index (χ0) is 24.4. The van der Waals surface area contributed by atoms with Gasteiger partial charge in [-0.1, -0.05) is 6.07 Å². The number of rotatable bonds is 6. The van der Waals surface area contributed by atoms with Crippen molar-refractivity contribution in [2.24, 2.45) is 0 Å². The summed E-state index contributed by atoms with van der Waals surface area (Å²) in [7, 11) is -4.34. The molecule has 2 heterocycles. The van der Waals surface area contributed by atoms with Crippen LogP contribution in [0.3, 0.4) is 0 Å². The van der Waals surface area contributed by atoms with Crippen molar-refractivity contribution in [3.8, 4) is 0 Å². The monoisotopic (exact) mass is 492 g/mol. The first-order valence-electron chi connectivity index (χ1n) is 9.01. The first-order valence-corrected chi connectivity index (χ1v) is 10.5. The molecule has 3 aromatic rings. The molecule has 0 spiro atoms. The quantitative estimate of drug-likeness (QED) is 0.531. The van der Waals surface area contributed by atoms with Crippen LogP contribution in [-0.2, 0) is 29.1 Å². The summed E-state index contributed by atoms with van der Waals surface area (Å²) in [6.07, 6.45) is -7.25. The van der Waals surface area contributed by atoms with Crippen molar-refractivity contribution >= 4 is 15.7 Å². The predicted molar refractivity (Wildman–Crippen MR) is 101 cm³/mol. The van der Waals surface area contributed by atoms with E-state index < -0.39 is 45.1 Å². The molecule has 2 aromatic heterocycles. The van der Waals surface area contributed by atoms with Crippen LogP contribution in [0.25, 0.3) is 0 Å². The second-order valence-electron chi connectivity index (χ2n) is 6.68. The van der Waals surface area contributed by atoms with Crippen molar-refractivity contribution in [3.05, 3.63) is 71.8 Å². The molecule has 0 atom stereocenters. The lowest BCUT2D eigenvalue weighted by Gasteiger charge is -2.11. The maximum atomic E-state index is 12.9. The van der Waals surface area contributed by atoms with Gasteiger partial charge in [-0.3, -0.25) is 14.5 Å². The van der Waals surface area contributed by atoms with E-state index in [2.05, 4.69) is 15.4 Å². The standard InChI is InChI=1S/C19H14F6N4O3S/c20-18(21,22)11-29-16(5-7-28-29)17(30)27-10-13-9-15(4-6-26-13)33(31,32)14-3-1-2-12(8-14)19(23,24)25/h1-9H,10-11H2,(H,27,30). The molecule has 176 valence electrons. The largest absolute Gasteiger partial charge is 0.416 e. The van der Waals surface area contributed by atoms with Gasteiger partial charge in [-0.25, -0.2) is 8.42 Å². The van der Waals surface area contributed by atoms with Gasteiger partial charge in [0.05, 0.1) is 27.6 Å². The van der Waals surface area contributed by atoms with Crippen LogP contribution in [-0.4, -0.2) is 35.3 Å². The van der Waals surface area contributed by atoms with Gasteiger partial charge in [0.15, 0.2) is 0 Å². The molecule has 1 amide bonds. The van der Waals surface area contributed by atoms with E-state index in [1.807, 2.05) is 0 Å². The van der Waals surface area contributed by atoms with E-state index in [-0.39, 0.29) is 22.8 Å². The Kier molecular flexibility index (Phi) is 6.49. The molecule has 3 rings (SSSR count). The first kappa shape index (κ1) is 24.2. The number of nitrogens with zero attached hydrogens (tertiary/aromatic N) is 3. The third-order valence-electron chi connectivity index (χ3n) is 4.28. The van der Waals surface area contributed by atoms with Crippen molar-refractivity contribution in [3.63, 3.8) is 0 Å². The average molecular weight is 492 g/mol. The number of halogens is 6. The van der Waals surface area contributed by atoms with Crippen molar-refractivity contribution < 1.29 is 39.6 Å². The van der Waals surface area contributed by atoms with E-state index in [1.165, 1.54) is 0 Å². The highest BCUT2D eigenvalue weighted by Gasteiger charge is 2.32. The fraction of sp³-hybridized carbons (Fsp3) is 0.211. The summed E-state index contributed by atoms with van der Waals surface area (Å²) in [6, 6.07) is 6.39. The molecular weight excluding hydrogens is 478 g/mol. The van der Waals surface area contributed by atoms with E-state index in [4.69, 9.17) is 0 Å². The number of hydrogen-bond acceptors (Lipinski definition) is 5. The fourth-order valence-corrected chi connectivity index (χ4v) is 4.12. The number of aromatic nitrogens is 3. The van der Waals surface area contributed by atoms with Gasteiger partial charge in [-0.05, 0) is 36.4 Å². The Hall–Kier alpha value is -3.42. The van der Waals surface area contributed by atoms with E-state index in [0.29, 0.717) is 10.7 Å². The molecule has 0 radical (unpaired) electrons. The van der Waals surface area contributed by atoms with Gasteiger partial charge < -0.3 is 5.32 Å². The fourth-order valence-electron chi connectivity index (χ4n) is 2.78. The minimum Gasteiger partial charge on any atom is -0.345 e. The second kappa shape index (κ2) is 8.84. The molecular formula is C19H14F6N4O3S. The van der Waals surface area contributed by atoms with E-state index >= 15 is 0 Å². The van der Waals surface area contributed by atoms with Crippen LogP contribution in [0.4, 0.5) is 26.3 Å². The number of sulfone groups is 1. The van der Waals surface area contributed by atoms with Gasteiger partial charge in [0.1, 0.15) is 12.2 Å². The van der Waals surface area contributed by atoms with E-state index in [9.17, 15) is 39.6 Å². The zero-order valence-corrected chi connectivity index (χ0v) is 17.2. The lowest BCUT2D eigenvalue weighted by atomic mass is 10.2. The molecule has 0 fully saturated rings. The number of nitrogens with one attached hydrogen (secondary N) is 1. The molecule has 0 aliphatic carbocycles. The maximum Gasteiger partial charge on any atom is 0.416 e. The van der Waals surface area contributed by atoms with Crippen LogP contribution < -0.4 is 5.32 Å². The highest BCUT2D eigenvalue weighted by Crippen LogP contribution is 2.32. The first-order chi connectivity index (χ1) is 15.3. The molecule has 33 heavy (non-hydrogen) atoms. The van der Waals surface area contributed by atoms with Gasteiger partial charge in [0.25, 0.3) is 5.91 Å². The van der Waals surface area contributed by atoms with Gasteiger partial charge >= 0.3 is 12.4 Å². The average Bonchev–Trinajstić information content (AvgIpc) is 3.18. The van der Waals surface area contributed by atoms with Crippen LogP contribution in [0.2, 0.25) is 0 Å². The molecule has 0 unspecified atom stereocenters. The smallest absolute Gasteiger partial charge is 0.345 e. The van der Waals surface area contributed by atoms with Crippen molar-refractivity contribution in [2.45, 2.75) is 35.2 Å². The molecule has 1 aromatic carbocycles. The third-order valence-corrected chi connectivity index (χ3v) is 6.03. The summed E-state index contributed by atoms with van der Waals surface area (Å²) >= 11 is 0. The SMILES string of the molecule is O=C(NCc1cc(S(=O)(=O)c2cccc(C(F)(F)F)c2)ccn1)c1ccnn1CC(F)(F)F. The lowest BCUT2D eigenvalue weighted by Crippen LogP contribution is -2.29. The molecule has 0 saturated carbocycles. The normalized spacial score (nSPS) is 12.5. The van der Waals surface area contributed by atoms with Crippen molar-refractivity contribution in [1.29, 1.82) is 0 Å². The summed E-state index contributed by atoms with van der Waals surface area (Å²) in [4.78, 5) is 15.1. The van der Waals surface area contributed by atoms with E-state index in [0.717, 1.165) is 48.8 Å². The predicted octanol–water partition coefficient (Wildman–Crippen LogP) is 3.62. The van der Waals surface area contributed by atoms with Gasteiger partial charge in [0, 0.05) is 12.4 Å². The summed E-state index contributed by atoms with van der Waals surface area (Å²) in [6.45, 7) is -1.84. The van der Waals surface area contributed by atoms with Gasteiger partial charge in [0.2, 0.25) is 9.84 Å². The molecule has 0 aliphatic heterocycles. The summed E-state index contributed by atoms with van der Waals surface area (Å²) in [5, 5.41) is 5.74. The molecule has 14 heteroatoms. The Morgan fingerprint density at radius 2 is 1.67 bits per heavy atom. The van der Waals surface area contributed by atoms with Crippen LogP contribution in [0.5, 0.6) is 0 Å². The third kappa shape index (κ3) is 5.88. The highest BCUT2D eigenvalue weighted by molar-refractivity contribution is 7.91.